The standard InChI is InChI=1S/C8H14N2O2/c1-2-5-3-7(11)10-4-6(5)8(9)12/h5-6H,2-4H2,1H3,(H2,9,12)(H,10,11). The van der Waals surface area contributed by atoms with Gasteiger partial charge in [-0.15, -0.1) is 0 Å². The van der Waals surface area contributed by atoms with Crippen molar-refractivity contribution in [3.63, 3.8) is 0 Å². The first-order valence-corrected chi connectivity index (χ1v) is 4.21. The summed E-state index contributed by atoms with van der Waals surface area (Å²) in [6.45, 7) is 2.38. The fourth-order valence-electron chi connectivity index (χ4n) is 1.60. The molecule has 1 saturated heterocycles. The van der Waals surface area contributed by atoms with Gasteiger partial charge in [-0.3, -0.25) is 9.59 Å². The van der Waals surface area contributed by atoms with Crippen LogP contribution in [0.3, 0.4) is 0 Å². The second kappa shape index (κ2) is 3.56. The van der Waals surface area contributed by atoms with Crippen LogP contribution in [-0.2, 0) is 9.59 Å². The van der Waals surface area contributed by atoms with Crippen molar-refractivity contribution in [2.75, 3.05) is 6.54 Å². The zero-order chi connectivity index (χ0) is 9.14. The highest BCUT2D eigenvalue weighted by Crippen LogP contribution is 2.22. The second-order valence-electron chi connectivity index (χ2n) is 3.19. The largest absolute Gasteiger partial charge is 0.369 e. The molecule has 3 N–H and O–H groups in total. The lowest BCUT2D eigenvalue weighted by atomic mass is 9.84. The molecular formula is C8H14N2O2. The maximum absolute atomic E-state index is 10.9. The third-order valence-corrected chi connectivity index (χ3v) is 2.43. The SMILES string of the molecule is CCC1CC(=O)NCC1C(N)=O. The minimum absolute atomic E-state index is 0.0272. The molecule has 1 aliphatic rings. The third-order valence-electron chi connectivity index (χ3n) is 2.43. The van der Waals surface area contributed by atoms with E-state index < -0.39 is 0 Å². The van der Waals surface area contributed by atoms with Crippen LogP contribution >= 0.6 is 0 Å². The van der Waals surface area contributed by atoms with Crippen LogP contribution in [0.2, 0.25) is 0 Å². The first kappa shape index (κ1) is 9.03. The zero-order valence-electron chi connectivity index (χ0n) is 7.17. The number of rotatable bonds is 2. The maximum atomic E-state index is 10.9. The van der Waals surface area contributed by atoms with Gasteiger partial charge in [-0.2, -0.15) is 0 Å². The number of hydrogen-bond donors (Lipinski definition) is 2. The Balaban J connectivity index is 2.62. The predicted molar refractivity (Wildman–Crippen MR) is 44.1 cm³/mol. The maximum Gasteiger partial charge on any atom is 0.222 e. The van der Waals surface area contributed by atoms with Crippen LogP contribution in [0.4, 0.5) is 0 Å². The van der Waals surface area contributed by atoms with Gasteiger partial charge in [0.05, 0.1) is 5.92 Å². The molecule has 2 unspecified atom stereocenters. The molecule has 0 aromatic rings. The molecule has 1 fully saturated rings. The Morgan fingerprint density at radius 2 is 2.42 bits per heavy atom. The summed E-state index contributed by atoms with van der Waals surface area (Å²) in [5.74, 6) is -0.315. The van der Waals surface area contributed by atoms with E-state index in [0.717, 1.165) is 6.42 Å². The highest BCUT2D eigenvalue weighted by atomic mass is 16.2. The van der Waals surface area contributed by atoms with Crippen LogP contribution in [0.1, 0.15) is 19.8 Å². The van der Waals surface area contributed by atoms with Crippen molar-refractivity contribution < 1.29 is 9.59 Å². The van der Waals surface area contributed by atoms with E-state index in [-0.39, 0.29) is 23.7 Å². The lowest BCUT2D eigenvalue weighted by molar-refractivity contribution is -0.129. The Hall–Kier alpha value is -1.06. The van der Waals surface area contributed by atoms with E-state index >= 15 is 0 Å². The van der Waals surface area contributed by atoms with Crippen LogP contribution in [0.5, 0.6) is 0 Å². The molecule has 1 heterocycles. The van der Waals surface area contributed by atoms with Crippen LogP contribution in [0.15, 0.2) is 0 Å². The van der Waals surface area contributed by atoms with E-state index in [0.29, 0.717) is 13.0 Å². The number of carbonyl (C=O) groups excluding carboxylic acids is 2. The molecule has 1 aliphatic heterocycles. The molecule has 68 valence electrons. The average molecular weight is 170 g/mol. The molecule has 0 radical (unpaired) electrons. The molecule has 12 heavy (non-hydrogen) atoms. The molecule has 0 saturated carbocycles. The van der Waals surface area contributed by atoms with E-state index in [1.807, 2.05) is 6.92 Å². The normalized spacial score (nSPS) is 29.6. The smallest absolute Gasteiger partial charge is 0.222 e. The fourth-order valence-corrected chi connectivity index (χ4v) is 1.60. The van der Waals surface area contributed by atoms with E-state index in [2.05, 4.69) is 5.32 Å². The van der Waals surface area contributed by atoms with E-state index in [1.165, 1.54) is 0 Å². The summed E-state index contributed by atoms with van der Waals surface area (Å²) in [6, 6.07) is 0. The van der Waals surface area contributed by atoms with E-state index in [4.69, 9.17) is 5.73 Å². The molecule has 4 heteroatoms. The van der Waals surface area contributed by atoms with Crippen molar-refractivity contribution in [2.45, 2.75) is 19.8 Å². The first-order chi connectivity index (χ1) is 5.65. The molecule has 0 spiro atoms. The van der Waals surface area contributed by atoms with Crippen molar-refractivity contribution in [3.8, 4) is 0 Å². The zero-order valence-corrected chi connectivity index (χ0v) is 7.17. The Labute approximate surface area is 71.5 Å². The first-order valence-electron chi connectivity index (χ1n) is 4.21. The molecule has 2 amide bonds. The Morgan fingerprint density at radius 3 is 2.92 bits per heavy atom. The van der Waals surface area contributed by atoms with E-state index in [9.17, 15) is 9.59 Å². The Bertz CT molecular complexity index is 203. The van der Waals surface area contributed by atoms with Gasteiger partial charge in [-0.05, 0) is 5.92 Å². The van der Waals surface area contributed by atoms with Crippen LogP contribution in [-0.4, -0.2) is 18.4 Å². The quantitative estimate of drug-likeness (QED) is 0.593. The minimum Gasteiger partial charge on any atom is -0.369 e. The summed E-state index contributed by atoms with van der Waals surface area (Å²) < 4.78 is 0. The summed E-state index contributed by atoms with van der Waals surface area (Å²) in [6.07, 6.45) is 1.27. The van der Waals surface area contributed by atoms with Gasteiger partial charge in [-0.1, -0.05) is 13.3 Å². The number of nitrogens with one attached hydrogen (secondary N) is 1. The second-order valence-corrected chi connectivity index (χ2v) is 3.19. The average Bonchev–Trinajstić information content (AvgIpc) is 2.03. The van der Waals surface area contributed by atoms with Crippen LogP contribution in [0, 0.1) is 11.8 Å². The molecule has 0 bridgehead atoms. The van der Waals surface area contributed by atoms with Gasteiger partial charge in [0.2, 0.25) is 11.8 Å². The van der Waals surface area contributed by atoms with Crippen molar-refractivity contribution in [2.24, 2.45) is 17.6 Å². The highest BCUT2D eigenvalue weighted by Gasteiger charge is 2.31. The molecule has 4 nitrogen and oxygen atoms in total. The molecular weight excluding hydrogens is 156 g/mol. The topological polar surface area (TPSA) is 72.2 Å². The predicted octanol–water partition coefficient (Wildman–Crippen LogP) is -0.366. The van der Waals surface area contributed by atoms with E-state index in [1.54, 1.807) is 0 Å². The Morgan fingerprint density at radius 1 is 1.75 bits per heavy atom. The number of carbonyl (C=O) groups is 2. The third kappa shape index (κ3) is 1.75. The van der Waals surface area contributed by atoms with Crippen molar-refractivity contribution >= 4 is 11.8 Å². The van der Waals surface area contributed by atoms with Crippen molar-refractivity contribution in [1.82, 2.24) is 5.32 Å². The van der Waals surface area contributed by atoms with Gasteiger partial charge < -0.3 is 11.1 Å². The minimum atomic E-state index is -0.304. The number of hydrogen-bond acceptors (Lipinski definition) is 2. The van der Waals surface area contributed by atoms with Gasteiger partial charge in [-0.25, -0.2) is 0 Å². The van der Waals surface area contributed by atoms with Gasteiger partial charge in [0.1, 0.15) is 0 Å². The number of amides is 2. The summed E-state index contributed by atoms with van der Waals surface area (Å²) >= 11 is 0. The molecule has 0 aromatic heterocycles. The van der Waals surface area contributed by atoms with Crippen molar-refractivity contribution in [1.29, 1.82) is 0 Å². The number of primary amides is 1. The van der Waals surface area contributed by atoms with Crippen LogP contribution < -0.4 is 11.1 Å². The van der Waals surface area contributed by atoms with Crippen LogP contribution in [0.25, 0.3) is 0 Å². The molecule has 1 rings (SSSR count). The van der Waals surface area contributed by atoms with Crippen molar-refractivity contribution in [3.05, 3.63) is 0 Å². The number of nitrogens with two attached hydrogens (primary N) is 1. The van der Waals surface area contributed by atoms with Gasteiger partial charge >= 0.3 is 0 Å². The Kier molecular flexibility index (Phi) is 2.68. The monoisotopic (exact) mass is 170 g/mol. The summed E-state index contributed by atoms with van der Waals surface area (Å²) in [7, 11) is 0. The lowest BCUT2D eigenvalue weighted by Crippen LogP contribution is -2.46. The van der Waals surface area contributed by atoms with Gasteiger partial charge in [0.15, 0.2) is 0 Å². The molecule has 0 aliphatic carbocycles. The lowest BCUT2D eigenvalue weighted by Gasteiger charge is -2.28. The molecule has 0 aromatic carbocycles. The number of piperidine rings is 1. The van der Waals surface area contributed by atoms with Gasteiger partial charge in [0, 0.05) is 13.0 Å². The summed E-state index contributed by atoms with van der Waals surface area (Å²) in [5.41, 5.74) is 5.19. The highest BCUT2D eigenvalue weighted by molar-refractivity contribution is 5.83. The van der Waals surface area contributed by atoms with Gasteiger partial charge in [0.25, 0.3) is 0 Å². The molecule has 2 atom stereocenters. The summed E-state index contributed by atoms with van der Waals surface area (Å²) in [4.78, 5) is 21.8. The fraction of sp³-hybridized carbons (Fsp3) is 0.750. The summed E-state index contributed by atoms with van der Waals surface area (Å²) in [5, 5.41) is 2.64.